The van der Waals surface area contributed by atoms with E-state index in [2.05, 4.69) is 30.7 Å². The van der Waals surface area contributed by atoms with Gasteiger partial charge < -0.3 is 11.1 Å². The normalized spacial score (nSPS) is 12.8. The van der Waals surface area contributed by atoms with Crippen LogP contribution < -0.4 is 11.1 Å². The van der Waals surface area contributed by atoms with E-state index >= 15 is 0 Å². The zero-order chi connectivity index (χ0) is 17.6. The molecule has 0 radical (unpaired) electrons. The minimum Gasteiger partial charge on any atom is -0.371 e. The molecule has 4 heterocycles. The molecular formula is C15H16FN9. The molecule has 0 saturated carbocycles. The molecule has 4 aromatic heterocycles. The van der Waals surface area contributed by atoms with Crippen LogP contribution in [0.1, 0.15) is 13.0 Å². The number of alkyl halides is 1. The van der Waals surface area contributed by atoms with Crippen LogP contribution in [0.5, 0.6) is 0 Å². The molecule has 0 saturated heterocycles. The summed E-state index contributed by atoms with van der Waals surface area (Å²) < 4.78 is 16.2. The predicted octanol–water partition coefficient (Wildman–Crippen LogP) is 1.69. The van der Waals surface area contributed by atoms with Gasteiger partial charge in [0.2, 0.25) is 5.95 Å². The molecule has 25 heavy (non-hydrogen) atoms. The minimum atomic E-state index is -0.545. The zero-order valence-corrected chi connectivity index (χ0v) is 13.7. The second-order valence-corrected chi connectivity index (χ2v) is 5.67. The Balaban J connectivity index is 1.94. The lowest BCUT2D eigenvalue weighted by Crippen LogP contribution is -2.09. The van der Waals surface area contributed by atoms with E-state index in [1.807, 2.05) is 18.2 Å². The molecule has 4 aromatic rings. The number of hydrogen-bond acceptors (Lipinski definition) is 7. The summed E-state index contributed by atoms with van der Waals surface area (Å²) in [6.45, 7) is 1.18. The number of halogens is 1. The second-order valence-electron chi connectivity index (χ2n) is 5.67. The van der Waals surface area contributed by atoms with Crippen LogP contribution in [0.4, 0.5) is 16.2 Å². The Hall–Kier alpha value is -3.30. The first-order valence-corrected chi connectivity index (χ1v) is 7.73. The number of nitrogens with one attached hydrogen (secondary N) is 1. The van der Waals surface area contributed by atoms with Crippen LogP contribution in [0.3, 0.4) is 0 Å². The Labute approximate surface area is 141 Å². The van der Waals surface area contributed by atoms with Gasteiger partial charge in [0.25, 0.3) is 0 Å². The third-order valence-electron chi connectivity index (χ3n) is 4.00. The van der Waals surface area contributed by atoms with Crippen molar-refractivity contribution in [2.45, 2.75) is 13.0 Å². The molecule has 0 aromatic carbocycles. The highest BCUT2D eigenvalue weighted by Crippen LogP contribution is 2.29. The first kappa shape index (κ1) is 15.2. The SMILES string of the molecule is CNc1nc(N)nn2ccc(-c3ccc4nnn(C(C)CF)c4n3)c12. The zero-order valence-electron chi connectivity index (χ0n) is 13.7. The van der Waals surface area contributed by atoms with E-state index in [0.29, 0.717) is 22.7 Å². The fourth-order valence-corrected chi connectivity index (χ4v) is 2.76. The quantitative estimate of drug-likeness (QED) is 0.581. The van der Waals surface area contributed by atoms with Crippen LogP contribution in [0.25, 0.3) is 27.9 Å². The van der Waals surface area contributed by atoms with E-state index in [-0.39, 0.29) is 5.95 Å². The lowest BCUT2D eigenvalue weighted by molar-refractivity contribution is 0.356. The van der Waals surface area contributed by atoms with Crippen LogP contribution >= 0.6 is 0 Å². The van der Waals surface area contributed by atoms with Gasteiger partial charge in [0.05, 0.1) is 11.7 Å². The van der Waals surface area contributed by atoms with E-state index in [1.54, 1.807) is 24.7 Å². The highest BCUT2D eigenvalue weighted by atomic mass is 19.1. The van der Waals surface area contributed by atoms with Crippen LogP contribution in [0.15, 0.2) is 24.4 Å². The van der Waals surface area contributed by atoms with E-state index in [0.717, 1.165) is 11.1 Å². The Bertz CT molecular complexity index is 1070. The summed E-state index contributed by atoms with van der Waals surface area (Å²) in [4.78, 5) is 8.86. The third kappa shape index (κ3) is 2.33. The minimum absolute atomic E-state index is 0.168. The number of nitrogens with zero attached hydrogens (tertiary/aromatic N) is 7. The van der Waals surface area contributed by atoms with E-state index in [1.165, 1.54) is 4.68 Å². The molecule has 10 heteroatoms. The van der Waals surface area contributed by atoms with Gasteiger partial charge in [-0.1, -0.05) is 5.21 Å². The Morgan fingerprint density at radius 2 is 2.12 bits per heavy atom. The standard InChI is InChI=1S/C15H16FN9/c1-8(7-16)25-14-11(21-23-25)4-3-10(19-14)9-5-6-24-12(9)13(18-2)20-15(17)22-24/h3-6,8H,7H2,1-2H3,(H3,17,18,20,22). The smallest absolute Gasteiger partial charge is 0.240 e. The topological polar surface area (TPSA) is 112 Å². The molecule has 9 nitrogen and oxygen atoms in total. The monoisotopic (exact) mass is 341 g/mol. The van der Waals surface area contributed by atoms with Gasteiger partial charge in [-0.3, -0.25) is 0 Å². The number of aromatic nitrogens is 7. The van der Waals surface area contributed by atoms with Gasteiger partial charge in [-0.15, -0.1) is 10.2 Å². The maximum atomic E-state index is 13.0. The van der Waals surface area contributed by atoms with Gasteiger partial charge in [-0.25, -0.2) is 18.6 Å². The summed E-state index contributed by atoms with van der Waals surface area (Å²) in [5.74, 6) is 0.764. The second kappa shape index (κ2) is 5.65. The lowest BCUT2D eigenvalue weighted by atomic mass is 10.2. The summed E-state index contributed by atoms with van der Waals surface area (Å²) in [5.41, 5.74) is 9.13. The average molecular weight is 341 g/mol. The Kier molecular flexibility index (Phi) is 3.45. The molecule has 0 aliphatic rings. The highest BCUT2D eigenvalue weighted by Gasteiger charge is 2.17. The van der Waals surface area contributed by atoms with E-state index in [4.69, 9.17) is 5.73 Å². The number of pyridine rings is 1. The first-order valence-electron chi connectivity index (χ1n) is 7.73. The predicted molar refractivity (Wildman–Crippen MR) is 91.9 cm³/mol. The maximum absolute atomic E-state index is 13.0. The number of hydrogen-bond donors (Lipinski definition) is 2. The van der Waals surface area contributed by atoms with Crippen LogP contribution in [0, 0.1) is 0 Å². The molecule has 0 bridgehead atoms. The van der Waals surface area contributed by atoms with E-state index in [9.17, 15) is 4.39 Å². The fraction of sp³-hybridized carbons (Fsp3) is 0.267. The van der Waals surface area contributed by atoms with Crippen molar-refractivity contribution < 1.29 is 4.39 Å². The number of anilines is 2. The van der Waals surface area contributed by atoms with Gasteiger partial charge in [0.1, 0.15) is 17.7 Å². The number of rotatable bonds is 4. The maximum Gasteiger partial charge on any atom is 0.240 e. The van der Waals surface area contributed by atoms with Gasteiger partial charge in [0, 0.05) is 18.8 Å². The molecule has 0 aliphatic carbocycles. The molecule has 1 unspecified atom stereocenters. The molecule has 0 amide bonds. The fourth-order valence-electron chi connectivity index (χ4n) is 2.76. The van der Waals surface area contributed by atoms with Crippen molar-refractivity contribution in [3.05, 3.63) is 24.4 Å². The van der Waals surface area contributed by atoms with Crippen molar-refractivity contribution in [1.29, 1.82) is 0 Å². The van der Waals surface area contributed by atoms with Crippen LogP contribution in [0.2, 0.25) is 0 Å². The van der Waals surface area contributed by atoms with Crippen molar-refractivity contribution in [3.8, 4) is 11.3 Å². The lowest BCUT2D eigenvalue weighted by Gasteiger charge is -2.08. The molecule has 0 aliphatic heterocycles. The van der Waals surface area contributed by atoms with Gasteiger partial charge in [-0.05, 0) is 25.1 Å². The Morgan fingerprint density at radius 3 is 2.88 bits per heavy atom. The molecule has 4 rings (SSSR count). The van der Waals surface area contributed by atoms with Crippen molar-refractivity contribution >= 4 is 28.4 Å². The van der Waals surface area contributed by atoms with Crippen molar-refractivity contribution in [3.63, 3.8) is 0 Å². The summed E-state index contributed by atoms with van der Waals surface area (Å²) in [7, 11) is 1.76. The van der Waals surface area contributed by atoms with Crippen molar-refractivity contribution in [1.82, 2.24) is 34.6 Å². The van der Waals surface area contributed by atoms with Gasteiger partial charge in [0.15, 0.2) is 11.5 Å². The molecule has 0 fully saturated rings. The summed E-state index contributed by atoms with van der Waals surface area (Å²) in [6.07, 6.45) is 1.79. The van der Waals surface area contributed by atoms with Gasteiger partial charge in [-0.2, -0.15) is 4.98 Å². The average Bonchev–Trinajstić information content (AvgIpc) is 3.23. The summed E-state index contributed by atoms with van der Waals surface area (Å²) in [6, 6.07) is 5.10. The molecule has 1 atom stereocenters. The van der Waals surface area contributed by atoms with Crippen molar-refractivity contribution in [2.24, 2.45) is 0 Å². The summed E-state index contributed by atoms with van der Waals surface area (Å²) >= 11 is 0. The Morgan fingerprint density at radius 1 is 1.28 bits per heavy atom. The number of nitrogen functional groups attached to an aromatic ring is 1. The molecular weight excluding hydrogens is 325 g/mol. The third-order valence-corrected chi connectivity index (χ3v) is 4.00. The van der Waals surface area contributed by atoms with Gasteiger partial charge >= 0.3 is 0 Å². The molecule has 128 valence electrons. The number of fused-ring (bicyclic) bond motifs is 2. The van der Waals surface area contributed by atoms with E-state index < -0.39 is 12.7 Å². The first-order chi connectivity index (χ1) is 12.1. The van der Waals surface area contributed by atoms with Crippen LogP contribution in [-0.2, 0) is 0 Å². The van der Waals surface area contributed by atoms with Crippen LogP contribution in [-0.4, -0.2) is 48.3 Å². The largest absolute Gasteiger partial charge is 0.371 e. The molecule has 0 spiro atoms. The molecule has 3 N–H and O–H groups in total. The number of nitrogens with two attached hydrogens (primary N) is 1. The van der Waals surface area contributed by atoms with Crippen molar-refractivity contribution in [2.75, 3.05) is 24.8 Å². The highest BCUT2D eigenvalue weighted by molar-refractivity contribution is 5.89. The summed E-state index contributed by atoms with van der Waals surface area (Å²) in [5, 5.41) is 15.2.